The van der Waals surface area contributed by atoms with Crippen LogP contribution in [0.1, 0.15) is 31.7 Å². The molecule has 1 aromatic heterocycles. The van der Waals surface area contributed by atoms with Gasteiger partial charge in [-0.15, -0.1) is 0 Å². The maximum Gasteiger partial charge on any atom is 0.0778 e. The minimum Gasteiger partial charge on any atom is -0.391 e. The first-order valence-corrected chi connectivity index (χ1v) is 6.62. The van der Waals surface area contributed by atoms with E-state index in [1.807, 2.05) is 29.1 Å². The number of aliphatic hydroxyl groups is 1. The van der Waals surface area contributed by atoms with Gasteiger partial charge in [-0.25, -0.2) is 0 Å². The molecule has 1 aromatic carbocycles. The third-order valence-electron chi connectivity index (χ3n) is 3.74. The maximum atomic E-state index is 10.0. The van der Waals surface area contributed by atoms with E-state index in [9.17, 15) is 5.11 Å². The Morgan fingerprint density at radius 1 is 1.06 bits per heavy atom. The number of rotatable bonds is 2. The van der Waals surface area contributed by atoms with Crippen molar-refractivity contribution in [3.05, 3.63) is 42.7 Å². The Labute approximate surface area is 107 Å². The third-order valence-corrected chi connectivity index (χ3v) is 3.74. The summed E-state index contributed by atoms with van der Waals surface area (Å²) in [5.74, 6) is 0. The predicted octanol–water partition coefficient (Wildman–Crippen LogP) is 3.03. The SMILES string of the molecule is O[C@@H]1CCCC[C@H]1n1cc(-c2ccccc2)cn1. The summed E-state index contributed by atoms with van der Waals surface area (Å²) in [7, 11) is 0. The lowest BCUT2D eigenvalue weighted by Crippen LogP contribution is -2.27. The summed E-state index contributed by atoms with van der Waals surface area (Å²) in [5.41, 5.74) is 2.29. The molecule has 1 fully saturated rings. The molecule has 2 aromatic rings. The molecule has 3 rings (SSSR count). The van der Waals surface area contributed by atoms with Crippen molar-refractivity contribution in [2.24, 2.45) is 0 Å². The Balaban J connectivity index is 1.85. The van der Waals surface area contributed by atoms with Crippen molar-refractivity contribution in [3.63, 3.8) is 0 Å². The van der Waals surface area contributed by atoms with Gasteiger partial charge in [0.25, 0.3) is 0 Å². The van der Waals surface area contributed by atoms with E-state index in [0.717, 1.165) is 24.8 Å². The lowest BCUT2D eigenvalue weighted by Gasteiger charge is -2.27. The lowest BCUT2D eigenvalue weighted by atomic mass is 9.93. The van der Waals surface area contributed by atoms with Crippen LogP contribution < -0.4 is 0 Å². The fraction of sp³-hybridized carbons (Fsp3) is 0.400. The highest BCUT2D eigenvalue weighted by Gasteiger charge is 2.25. The first kappa shape index (κ1) is 11.5. The van der Waals surface area contributed by atoms with Gasteiger partial charge < -0.3 is 5.11 Å². The molecule has 1 heterocycles. The van der Waals surface area contributed by atoms with E-state index in [2.05, 4.69) is 23.4 Å². The molecule has 3 nitrogen and oxygen atoms in total. The average molecular weight is 242 g/mol. The van der Waals surface area contributed by atoms with Gasteiger partial charge >= 0.3 is 0 Å². The second kappa shape index (κ2) is 4.94. The molecule has 3 heteroatoms. The summed E-state index contributed by atoms with van der Waals surface area (Å²) in [6, 6.07) is 10.4. The van der Waals surface area contributed by atoms with Gasteiger partial charge in [0, 0.05) is 11.8 Å². The van der Waals surface area contributed by atoms with E-state index < -0.39 is 0 Å². The molecule has 18 heavy (non-hydrogen) atoms. The molecule has 0 spiro atoms. The van der Waals surface area contributed by atoms with E-state index in [1.165, 1.54) is 12.0 Å². The molecule has 1 aliphatic carbocycles. The van der Waals surface area contributed by atoms with Crippen LogP contribution in [-0.2, 0) is 0 Å². The molecule has 0 saturated heterocycles. The highest BCUT2D eigenvalue weighted by molar-refractivity contribution is 5.61. The maximum absolute atomic E-state index is 10.0. The number of hydrogen-bond donors (Lipinski definition) is 1. The Bertz CT molecular complexity index is 506. The number of benzene rings is 1. The van der Waals surface area contributed by atoms with Gasteiger partial charge in [0.05, 0.1) is 18.3 Å². The van der Waals surface area contributed by atoms with E-state index in [-0.39, 0.29) is 12.1 Å². The van der Waals surface area contributed by atoms with Gasteiger partial charge in [-0.2, -0.15) is 5.10 Å². The highest BCUT2D eigenvalue weighted by atomic mass is 16.3. The molecule has 1 N–H and O–H groups in total. The lowest BCUT2D eigenvalue weighted by molar-refractivity contribution is 0.0695. The smallest absolute Gasteiger partial charge is 0.0778 e. The van der Waals surface area contributed by atoms with Crippen LogP contribution in [0.2, 0.25) is 0 Å². The molecule has 94 valence electrons. The molecule has 0 bridgehead atoms. The standard InChI is InChI=1S/C15H18N2O/c18-15-9-5-4-8-14(15)17-11-13(10-16-17)12-6-2-1-3-7-12/h1-3,6-7,10-11,14-15,18H,4-5,8-9H2/t14-,15-/m1/s1. The molecule has 0 unspecified atom stereocenters. The minimum absolute atomic E-state index is 0.149. The Kier molecular flexibility index (Phi) is 3.15. The number of nitrogens with zero attached hydrogens (tertiary/aromatic N) is 2. The zero-order valence-electron chi connectivity index (χ0n) is 10.4. The number of hydrogen-bond acceptors (Lipinski definition) is 2. The van der Waals surface area contributed by atoms with E-state index in [1.54, 1.807) is 0 Å². The van der Waals surface area contributed by atoms with Crippen LogP contribution >= 0.6 is 0 Å². The van der Waals surface area contributed by atoms with Crippen LogP contribution in [0.4, 0.5) is 0 Å². The summed E-state index contributed by atoms with van der Waals surface area (Å²) < 4.78 is 1.94. The van der Waals surface area contributed by atoms with Crippen LogP contribution in [0.3, 0.4) is 0 Å². The number of aliphatic hydroxyl groups excluding tert-OH is 1. The predicted molar refractivity (Wildman–Crippen MR) is 71.2 cm³/mol. The van der Waals surface area contributed by atoms with Crippen LogP contribution in [-0.4, -0.2) is 21.0 Å². The van der Waals surface area contributed by atoms with Gasteiger partial charge in [-0.1, -0.05) is 43.2 Å². The first-order chi connectivity index (χ1) is 8.84. The molecule has 1 saturated carbocycles. The van der Waals surface area contributed by atoms with E-state index in [0.29, 0.717) is 0 Å². The normalized spacial score (nSPS) is 24.1. The minimum atomic E-state index is -0.248. The van der Waals surface area contributed by atoms with E-state index in [4.69, 9.17) is 0 Å². The molecular formula is C15H18N2O. The Morgan fingerprint density at radius 3 is 2.61 bits per heavy atom. The van der Waals surface area contributed by atoms with Gasteiger partial charge in [0.2, 0.25) is 0 Å². The summed E-state index contributed by atoms with van der Waals surface area (Å²) >= 11 is 0. The number of aromatic nitrogens is 2. The fourth-order valence-corrected chi connectivity index (χ4v) is 2.70. The highest BCUT2D eigenvalue weighted by Crippen LogP contribution is 2.29. The molecule has 2 atom stereocenters. The molecular weight excluding hydrogens is 224 g/mol. The van der Waals surface area contributed by atoms with Crippen LogP contribution in [0.15, 0.2) is 42.7 Å². The van der Waals surface area contributed by atoms with Crippen molar-refractivity contribution >= 4 is 0 Å². The van der Waals surface area contributed by atoms with Crippen molar-refractivity contribution in [1.82, 2.24) is 9.78 Å². The Morgan fingerprint density at radius 2 is 1.83 bits per heavy atom. The van der Waals surface area contributed by atoms with Crippen LogP contribution in [0.25, 0.3) is 11.1 Å². The van der Waals surface area contributed by atoms with Gasteiger partial charge in [0.1, 0.15) is 0 Å². The third kappa shape index (κ3) is 2.18. The molecule has 1 aliphatic rings. The van der Waals surface area contributed by atoms with E-state index >= 15 is 0 Å². The second-order valence-electron chi connectivity index (χ2n) is 4.99. The zero-order chi connectivity index (χ0) is 12.4. The molecule has 0 aliphatic heterocycles. The molecule has 0 radical (unpaired) electrons. The first-order valence-electron chi connectivity index (χ1n) is 6.62. The summed E-state index contributed by atoms with van der Waals surface area (Å²) in [5, 5.41) is 14.5. The van der Waals surface area contributed by atoms with Crippen molar-refractivity contribution in [3.8, 4) is 11.1 Å². The fourth-order valence-electron chi connectivity index (χ4n) is 2.70. The quantitative estimate of drug-likeness (QED) is 0.879. The van der Waals surface area contributed by atoms with Gasteiger partial charge in [-0.3, -0.25) is 4.68 Å². The van der Waals surface area contributed by atoms with Crippen LogP contribution in [0.5, 0.6) is 0 Å². The summed E-state index contributed by atoms with van der Waals surface area (Å²) in [6.07, 6.45) is 7.92. The summed E-state index contributed by atoms with van der Waals surface area (Å²) in [6.45, 7) is 0. The molecule has 0 amide bonds. The van der Waals surface area contributed by atoms with Crippen molar-refractivity contribution in [2.75, 3.05) is 0 Å². The summed E-state index contributed by atoms with van der Waals surface area (Å²) in [4.78, 5) is 0. The topological polar surface area (TPSA) is 38.0 Å². The van der Waals surface area contributed by atoms with Crippen molar-refractivity contribution in [2.45, 2.75) is 37.8 Å². The van der Waals surface area contributed by atoms with Crippen molar-refractivity contribution < 1.29 is 5.11 Å². The van der Waals surface area contributed by atoms with Crippen LogP contribution in [0, 0.1) is 0 Å². The Hall–Kier alpha value is -1.61. The van der Waals surface area contributed by atoms with Gasteiger partial charge in [0.15, 0.2) is 0 Å². The van der Waals surface area contributed by atoms with Crippen molar-refractivity contribution in [1.29, 1.82) is 0 Å². The van der Waals surface area contributed by atoms with Gasteiger partial charge in [-0.05, 0) is 18.4 Å². The average Bonchev–Trinajstić information content (AvgIpc) is 2.90. The zero-order valence-corrected chi connectivity index (χ0v) is 10.4. The monoisotopic (exact) mass is 242 g/mol. The second-order valence-corrected chi connectivity index (χ2v) is 4.99. The largest absolute Gasteiger partial charge is 0.391 e.